The minimum absolute atomic E-state index is 0.0528. The Morgan fingerprint density at radius 1 is 1.06 bits per heavy atom. The first-order valence-corrected chi connectivity index (χ1v) is 11.2. The van der Waals surface area contributed by atoms with Crippen LogP contribution in [-0.4, -0.2) is 68.2 Å². The number of nitrogens with zero attached hydrogens (tertiary/aromatic N) is 2. The van der Waals surface area contributed by atoms with Gasteiger partial charge in [0.05, 0.1) is 22.8 Å². The zero-order valence-corrected chi connectivity index (χ0v) is 19.7. The summed E-state index contributed by atoms with van der Waals surface area (Å²) in [5.74, 6) is -0.0528. The molecule has 1 saturated heterocycles. The topological polar surface area (TPSA) is 73.9 Å². The molecule has 172 valence electrons. The second kappa shape index (κ2) is 11.5. The zero-order valence-electron chi connectivity index (χ0n) is 18.2. The van der Waals surface area contributed by atoms with Crippen molar-refractivity contribution in [3.63, 3.8) is 0 Å². The van der Waals surface area contributed by atoms with Crippen molar-refractivity contribution < 1.29 is 14.3 Å². The van der Waals surface area contributed by atoms with Crippen LogP contribution in [0.1, 0.15) is 21.5 Å². The molecule has 0 radical (unpaired) electrons. The van der Waals surface area contributed by atoms with Gasteiger partial charge in [-0.25, -0.2) is 4.79 Å². The Hall–Kier alpha value is -2.32. The largest absolute Gasteiger partial charge is 0.374 e. The molecule has 0 spiro atoms. The molecule has 1 aliphatic rings. The van der Waals surface area contributed by atoms with Crippen molar-refractivity contribution >= 4 is 35.1 Å². The third-order valence-electron chi connectivity index (χ3n) is 5.16. The van der Waals surface area contributed by atoms with E-state index in [1.54, 1.807) is 32.3 Å². The number of benzene rings is 2. The number of carbonyl (C=O) groups is 2. The Balaban J connectivity index is 1.40. The monoisotopic (exact) mass is 478 g/mol. The van der Waals surface area contributed by atoms with Gasteiger partial charge in [0, 0.05) is 52.4 Å². The van der Waals surface area contributed by atoms with Gasteiger partial charge >= 0.3 is 6.03 Å². The van der Waals surface area contributed by atoms with Gasteiger partial charge in [0.1, 0.15) is 0 Å². The predicted octanol–water partition coefficient (Wildman–Crippen LogP) is 3.40. The molecule has 2 aromatic rings. The molecule has 1 aliphatic heterocycles. The second-order valence-corrected chi connectivity index (χ2v) is 8.75. The lowest BCUT2D eigenvalue weighted by Crippen LogP contribution is -2.48. The molecule has 1 unspecified atom stereocenters. The Morgan fingerprint density at radius 3 is 2.47 bits per heavy atom. The molecule has 2 N–H and O–H groups in total. The van der Waals surface area contributed by atoms with E-state index in [1.165, 1.54) is 4.90 Å². The smallest absolute Gasteiger partial charge is 0.315 e. The molecule has 1 fully saturated rings. The molecule has 2 aromatic carbocycles. The standard InChI is InChI=1S/C23H28Cl2N4O3/c1-28(2)22(30)18-6-3-16(4-7-18)12-26-23(31)27-13-19-15-29(9-10-32-19)14-17-5-8-20(24)21(25)11-17/h3-8,11,19H,9-10,12-15H2,1-2H3,(H2,26,27,31). The Kier molecular flexibility index (Phi) is 8.75. The molecule has 0 bridgehead atoms. The van der Waals surface area contributed by atoms with Crippen LogP contribution < -0.4 is 10.6 Å². The minimum Gasteiger partial charge on any atom is -0.374 e. The van der Waals surface area contributed by atoms with Crippen molar-refractivity contribution in [2.45, 2.75) is 19.2 Å². The molecule has 1 atom stereocenters. The first-order chi connectivity index (χ1) is 15.3. The average molecular weight is 479 g/mol. The molecule has 0 aliphatic carbocycles. The zero-order chi connectivity index (χ0) is 23.1. The third-order valence-corrected chi connectivity index (χ3v) is 5.90. The van der Waals surface area contributed by atoms with Crippen molar-refractivity contribution in [3.05, 3.63) is 69.2 Å². The Bertz CT molecular complexity index is 937. The van der Waals surface area contributed by atoms with Gasteiger partial charge in [0.2, 0.25) is 0 Å². The summed E-state index contributed by atoms with van der Waals surface area (Å²) in [7, 11) is 3.43. The fourth-order valence-corrected chi connectivity index (χ4v) is 3.74. The Labute approximate surface area is 198 Å². The third kappa shape index (κ3) is 7.10. The Morgan fingerprint density at radius 2 is 1.78 bits per heavy atom. The molecule has 3 rings (SSSR count). The van der Waals surface area contributed by atoms with E-state index in [4.69, 9.17) is 27.9 Å². The van der Waals surface area contributed by atoms with Crippen LogP contribution in [0.3, 0.4) is 0 Å². The molecule has 0 saturated carbocycles. The van der Waals surface area contributed by atoms with E-state index in [9.17, 15) is 9.59 Å². The molecule has 9 heteroatoms. The van der Waals surface area contributed by atoms with Crippen LogP contribution in [-0.2, 0) is 17.8 Å². The van der Waals surface area contributed by atoms with E-state index in [0.717, 1.165) is 24.2 Å². The van der Waals surface area contributed by atoms with Gasteiger partial charge in [-0.15, -0.1) is 0 Å². The van der Waals surface area contributed by atoms with Crippen LogP contribution in [0.25, 0.3) is 0 Å². The summed E-state index contributed by atoms with van der Waals surface area (Å²) >= 11 is 12.1. The number of halogens is 2. The van der Waals surface area contributed by atoms with Crippen molar-refractivity contribution in [1.82, 2.24) is 20.4 Å². The number of amides is 3. The van der Waals surface area contributed by atoms with Crippen molar-refractivity contribution in [3.8, 4) is 0 Å². The van der Waals surface area contributed by atoms with Gasteiger partial charge in [-0.05, 0) is 35.4 Å². The van der Waals surface area contributed by atoms with Gasteiger partial charge in [-0.2, -0.15) is 0 Å². The molecular weight excluding hydrogens is 451 g/mol. The first-order valence-electron chi connectivity index (χ1n) is 10.4. The molecule has 32 heavy (non-hydrogen) atoms. The molecule has 7 nitrogen and oxygen atoms in total. The maximum atomic E-state index is 12.2. The van der Waals surface area contributed by atoms with Gasteiger partial charge in [-0.3, -0.25) is 9.69 Å². The van der Waals surface area contributed by atoms with E-state index in [2.05, 4.69) is 15.5 Å². The second-order valence-electron chi connectivity index (χ2n) is 7.94. The summed E-state index contributed by atoms with van der Waals surface area (Å²) in [5.41, 5.74) is 2.62. The number of carbonyl (C=O) groups excluding carboxylic acids is 2. The van der Waals surface area contributed by atoms with Crippen LogP contribution in [0, 0.1) is 0 Å². The molecule has 3 amide bonds. The summed E-state index contributed by atoms with van der Waals surface area (Å²) in [6.45, 7) is 3.66. The summed E-state index contributed by atoms with van der Waals surface area (Å²) in [5, 5.41) is 6.79. The summed E-state index contributed by atoms with van der Waals surface area (Å²) in [6, 6.07) is 12.6. The van der Waals surface area contributed by atoms with Crippen molar-refractivity contribution in [2.75, 3.05) is 40.3 Å². The maximum absolute atomic E-state index is 12.2. The highest BCUT2D eigenvalue weighted by Gasteiger charge is 2.21. The summed E-state index contributed by atoms with van der Waals surface area (Å²) < 4.78 is 5.79. The summed E-state index contributed by atoms with van der Waals surface area (Å²) in [6.07, 6.45) is -0.0893. The molecule has 1 heterocycles. The first kappa shape index (κ1) is 24.3. The highest BCUT2D eigenvalue weighted by molar-refractivity contribution is 6.42. The van der Waals surface area contributed by atoms with Gasteiger partial charge in [0.25, 0.3) is 5.91 Å². The van der Waals surface area contributed by atoms with E-state index < -0.39 is 0 Å². The van der Waals surface area contributed by atoms with Crippen molar-refractivity contribution in [2.24, 2.45) is 0 Å². The van der Waals surface area contributed by atoms with Crippen LogP contribution in [0.2, 0.25) is 10.0 Å². The van der Waals surface area contributed by atoms with Crippen molar-refractivity contribution in [1.29, 1.82) is 0 Å². The van der Waals surface area contributed by atoms with Gasteiger partial charge < -0.3 is 20.3 Å². The predicted molar refractivity (Wildman–Crippen MR) is 126 cm³/mol. The lowest BCUT2D eigenvalue weighted by atomic mass is 10.1. The fourth-order valence-electron chi connectivity index (χ4n) is 3.42. The SMILES string of the molecule is CN(C)C(=O)c1ccc(CNC(=O)NCC2CN(Cc3ccc(Cl)c(Cl)c3)CCO2)cc1. The number of urea groups is 1. The normalized spacial score (nSPS) is 16.4. The lowest BCUT2D eigenvalue weighted by Gasteiger charge is -2.33. The fraction of sp³-hybridized carbons (Fsp3) is 0.391. The van der Waals surface area contributed by atoms with E-state index in [0.29, 0.717) is 41.8 Å². The van der Waals surface area contributed by atoms with Gasteiger partial charge in [0.15, 0.2) is 0 Å². The van der Waals surface area contributed by atoms with Crippen LogP contribution in [0.5, 0.6) is 0 Å². The van der Waals surface area contributed by atoms with Crippen LogP contribution >= 0.6 is 23.2 Å². The lowest BCUT2D eigenvalue weighted by molar-refractivity contribution is -0.0287. The minimum atomic E-state index is -0.261. The van der Waals surface area contributed by atoms with E-state index in [-0.39, 0.29) is 18.0 Å². The quantitative estimate of drug-likeness (QED) is 0.639. The summed E-state index contributed by atoms with van der Waals surface area (Å²) in [4.78, 5) is 27.9. The average Bonchev–Trinajstić information content (AvgIpc) is 2.79. The number of ether oxygens (including phenoxy) is 1. The van der Waals surface area contributed by atoms with Gasteiger partial charge in [-0.1, -0.05) is 41.4 Å². The molecule has 0 aromatic heterocycles. The van der Waals surface area contributed by atoms with Crippen LogP contribution in [0.4, 0.5) is 4.79 Å². The maximum Gasteiger partial charge on any atom is 0.315 e. The highest BCUT2D eigenvalue weighted by atomic mass is 35.5. The van der Waals surface area contributed by atoms with E-state index >= 15 is 0 Å². The number of hydrogen-bond acceptors (Lipinski definition) is 4. The molecular formula is C23H28Cl2N4O3. The highest BCUT2D eigenvalue weighted by Crippen LogP contribution is 2.23. The number of rotatable bonds is 7. The number of nitrogens with one attached hydrogen (secondary N) is 2. The number of hydrogen-bond donors (Lipinski definition) is 2. The number of morpholine rings is 1. The van der Waals surface area contributed by atoms with Crippen LogP contribution in [0.15, 0.2) is 42.5 Å². The van der Waals surface area contributed by atoms with E-state index in [1.807, 2.05) is 24.3 Å².